The molecule has 0 radical (unpaired) electrons. The van der Waals surface area contributed by atoms with E-state index in [0.717, 1.165) is 9.13 Å². The van der Waals surface area contributed by atoms with Crippen LogP contribution in [0.2, 0.25) is 5.02 Å². The van der Waals surface area contributed by atoms with Gasteiger partial charge >= 0.3 is 0 Å². The summed E-state index contributed by atoms with van der Waals surface area (Å²) in [6.07, 6.45) is 1.52. The number of hydrazone groups is 1. The highest BCUT2D eigenvalue weighted by Crippen LogP contribution is 2.33. The molecule has 0 aliphatic rings. The summed E-state index contributed by atoms with van der Waals surface area (Å²) in [5, 5.41) is 7.05. The molecule has 2 aromatic rings. The van der Waals surface area contributed by atoms with Crippen molar-refractivity contribution in [2.45, 2.75) is 19.8 Å². The number of ether oxygens (including phenoxy) is 2. The summed E-state index contributed by atoms with van der Waals surface area (Å²) >= 11 is 8.13. The van der Waals surface area contributed by atoms with Crippen molar-refractivity contribution < 1.29 is 19.1 Å². The fourth-order valence-corrected chi connectivity index (χ4v) is 3.39. The van der Waals surface area contributed by atoms with Crippen LogP contribution in [-0.4, -0.2) is 31.7 Å². The Kier molecular flexibility index (Phi) is 9.20. The Hall–Kier alpha value is -2.33. The molecule has 2 aromatic carbocycles. The van der Waals surface area contributed by atoms with Crippen LogP contribution >= 0.6 is 34.2 Å². The molecule has 0 saturated carbocycles. The average Bonchev–Trinajstić information content (AvgIpc) is 2.68. The maximum absolute atomic E-state index is 11.9. The van der Waals surface area contributed by atoms with Crippen molar-refractivity contribution >= 4 is 57.9 Å². The maximum atomic E-state index is 11.9. The summed E-state index contributed by atoms with van der Waals surface area (Å²) in [7, 11) is 1.58. The Balaban J connectivity index is 1.86. The van der Waals surface area contributed by atoms with Crippen LogP contribution in [0.5, 0.6) is 11.5 Å². The van der Waals surface area contributed by atoms with Gasteiger partial charge < -0.3 is 14.8 Å². The zero-order valence-electron chi connectivity index (χ0n) is 16.0. The van der Waals surface area contributed by atoms with E-state index in [0.29, 0.717) is 28.8 Å². The second kappa shape index (κ2) is 11.6. The van der Waals surface area contributed by atoms with Crippen molar-refractivity contribution in [1.82, 2.24) is 5.43 Å². The molecule has 0 aliphatic carbocycles. The van der Waals surface area contributed by atoms with E-state index in [9.17, 15) is 9.59 Å². The summed E-state index contributed by atoms with van der Waals surface area (Å²) in [4.78, 5) is 23.9. The summed E-state index contributed by atoms with van der Waals surface area (Å²) < 4.78 is 11.8. The Morgan fingerprint density at radius 3 is 2.62 bits per heavy atom. The number of rotatable bonds is 9. The van der Waals surface area contributed by atoms with Gasteiger partial charge in [-0.3, -0.25) is 9.59 Å². The van der Waals surface area contributed by atoms with Crippen LogP contribution in [0.4, 0.5) is 5.69 Å². The smallest absolute Gasteiger partial charge is 0.240 e. The predicted molar refractivity (Wildman–Crippen MR) is 122 cm³/mol. The minimum absolute atomic E-state index is 0.00202. The Bertz CT molecular complexity index is 905. The first-order chi connectivity index (χ1) is 13.9. The quantitative estimate of drug-likeness (QED) is 0.289. The Morgan fingerprint density at radius 2 is 1.93 bits per heavy atom. The zero-order chi connectivity index (χ0) is 21.2. The SMILES string of the molecule is CCOc1cc(C=NNC(=O)CCC(=O)Nc2ccccc2Cl)cc(I)c1OC. The highest BCUT2D eigenvalue weighted by molar-refractivity contribution is 14.1. The van der Waals surface area contributed by atoms with E-state index < -0.39 is 0 Å². The highest BCUT2D eigenvalue weighted by Gasteiger charge is 2.11. The van der Waals surface area contributed by atoms with Crippen LogP contribution in [-0.2, 0) is 9.59 Å². The van der Waals surface area contributed by atoms with E-state index in [1.165, 1.54) is 6.21 Å². The van der Waals surface area contributed by atoms with E-state index in [1.54, 1.807) is 37.4 Å². The highest BCUT2D eigenvalue weighted by atomic mass is 127. The standard InChI is InChI=1S/C20H21ClIN3O4/c1-3-29-17-11-13(10-15(22)20(17)28-2)12-23-25-19(27)9-8-18(26)24-16-7-5-4-6-14(16)21/h4-7,10-12H,3,8-9H2,1-2H3,(H,24,26)(H,25,27). The molecule has 0 heterocycles. The molecule has 0 fully saturated rings. The fraction of sp³-hybridized carbons (Fsp3) is 0.250. The van der Waals surface area contributed by atoms with Crippen molar-refractivity contribution in [2.24, 2.45) is 5.10 Å². The molecule has 0 aliphatic heterocycles. The van der Waals surface area contributed by atoms with Crippen molar-refractivity contribution in [2.75, 3.05) is 19.0 Å². The lowest BCUT2D eigenvalue weighted by atomic mass is 10.2. The first-order valence-electron chi connectivity index (χ1n) is 8.81. The van der Waals surface area contributed by atoms with Gasteiger partial charge in [-0.1, -0.05) is 23.7 Å². The number of hydrogen-bond donors (Lipinski definition) is 2. The van der Waals surface area contributed by atoms with Crippen LogP contribution in [0, 0.1) is 3.57 Å². The van der Waals surface area contributed by atoms with Gasteiger partial charge in [-0.15, -0.1) is 0 Å². The number of carbonyl (C=O) groups is 2. The molecule has 0 aromatic heterocycles. The molecule has 0 unspecified atom stereocenters. The number of anilines is 1. The minimum atomic E-state index is -0.371. The molecular formula is C20H21ClIN3O4. The lowest BCUT2D eigenvalue weighted by molar-refractivity contribution is -0.124. The lowest BCUT2D eigenvalue weighted by Gasteiger charge is -2.11. The van der Waals surface area contributed by atoms with Crippen molar-refractivity contribution in [1.29, 1.82) is 0 Å². The zero-order valence-corrected chi connectivity index (χ0v) is 18.9. The number of methoxy groups -OCH3 is 1. The van der Waals surface area contributed by atoms with Crippen molar-refractivity contribution in [3.63, 3.8) is 0 Å². The van der Waals surface area contributed by atoms with Gasteiger partial charge in [0.2, 0.25) is 11.8 Å². The fourth-order valence-electron chi connectivity index (χ4n) is 2.36. The van der Waals surface area contributed by atoms with Gasteiger partial charge in [0.15, 0.2) is 11.5 Å². The molecule has 154 valence electrons. The molecule has 29 heavy (non-hydrogen) atoms. The summed E-state index contributed by atoms with van der Waals surface area (Å²) in [6, 6.07) is 10.5. The largest absolute Gasteiger partial charge is 0.492 e. The normalized spacial score (nSPS) is 10.6. The number of benzene rings is 2. The molecule has 9 heteroatoms. The van der Waals surface area contributed by atoms with Gasteiger partial charge in [-0.25, -0.2) is 5.43 Å². The predicted octanol–water partition coefficient (Wildman–Crippen LogP) is 4.22. The number of halogens is 2. The first-order valence-corrected chi connectivity index (χ1v) is 10.3. The number of hydrogen-bond acceptors (Lipinski definition) is 5. The van der Waals surface area contributed by atoms with Crippen LogP contribution < -0.4 is 20.2 Å². The summed E-state index contributed by atoms with van der Waals surface area (Å²) in [5.41, 5.74) is 3.67. The summed E-state index contributed by atoms with van der Waals surface area (Å²) in [5.74, 6) is 0.580. The number of para-hydroxylation sites is 1. The Morgan fingerprint density at radius 1 is 1.21 bits per heavy atom. The third kappa shape index (κ3) is 7.21. The molecule has 7 nitrogen and oxygen atoms in total. The second-order valence-electron chi connectivity index (χ2n) is 5.79. The minimum Gasteiger partial charge on any atom is -0.492 e. The first kappa shape index (κ1) is 23.0. The van der Waals surface area contributed by atoms with Gasteiger partial charge in [0.1, 0.15) is 0 Å². The van der Waals surface area contributed by atoms with Crippen molar-refractivity contribution in [3.8, 4) is 11.5 Å². The molecule has 0 bridgehead atoms. The average molecular weight is 530 g/mol. The van der Waals surface area contributed by atoms with Gasteiger partial charge in [-0.05, 0) is 59.3 Å². The maximum Gasteiger partial charge on any atom is 0.240 e. The second-order valence-corrected chi connectivity index (χ2v) is 7.36. The Labute approximate surface area is 187 Å². The summed E-state index contributed by atoms with van der Waals surface area (Å²) in [6.45, 7) is 2.38. The molecule has 0 atom stereocenters. The van der Waals surface area contributed by atoms with Gasteiger partial charge in [0, 0.05) is 12.8 Å². The lowest BCUT2D eigenvalue weighted by Crippen LogP contribution is -2.20. The third-order valence-electron chi connectivity index (χ3n) is 3.67. The molecule has 2 amide bonds. The monoisotopic (exact) mass is 529 g/mol. The van der Waals surface area contributed by atoms with Crippen LogP contribution in [0.1, 0.15) is 25.3 Å². The van der Waals surface area contributed by atoms with Crippen LogP contribution in [0.15, 0.2) is 41.5 Å². The molecule has 0 saturated heterocycles. The number of nitrogens with zero attached hydrogens (tertiary/aromatic N) is 1. The van der Waals surface area contributed by atoms with Crippen LogP contribution in [0.25, 0.3) is 0 Å². The van der Waals surface area contributed by atoms with E-state index in [-0.39, 0.29) is 24.7 Å². The molecule has 2 N–H and O–H groups in total. The number of nitrogens with one attached hydrogen (secondary N) is 2. The third-order valence-corrected chi connectivity index (χ3v) is 4.80. The van der Waals surface area contributed by atoms with Gasteiger partial charge in [0.05, 0.1) is 34.2 Å². The van der Waals surface area contributed by atoms with E-state index in [1.807, 2.05) is 13.0 Å². The topological polar surface area (TPSA) is 89.0 Å². The number of amides is 2. The molecular weight excluding hydrogens is 509 g/mol. The van der Waals surface area contributed by atoms with E-state index in [4.69, 9.17) is 21.1 Å². The van der Waals surface area contributed by atoms with Gasteiger partial charge in [0.25, 0.3) is 0 Å². The van der Waals surface area contributed by atoms with E-state index in [2.05, 4.69) is 38.4 Å². The van der Waals surface area contributed by atoms with Crippen LogP contribution in [0.3, 0.4) is 0 Å². The number of carbonyl (C=O) groups excluding carboxylic acids is 2. The van der Waals surface area contributed by atoms with Gasteiger partial charge in [-0.2, -0.15) is 5.10 Å². The molecule has 0 spiro atoms. The van der Waals surface area contributed by atoms with E-state index >= 15 is 0 Å². The van der Waals surface area contributed by atoms with Crippen molar-refractivity contribution in [3.05, 3.63) is 50.6 Å². The molecule has 2 rings (SSSR count).